The SMILES string of the molecule is O=S(=O)(Cl)c1ccc2ccc(O)cc2c1S(=O)(=O)Cl. The molecule has 0 fully saturated rings. The fourth-order valence-electron chi connectivity index (χ4n) is 1.70. The molecule has 2 aromatic rings. The third-order valence-corrected chi connectivity index (χ3v) is 5.31. The fraction of sp³-hybridized carbons (Fsp3) is 0. The summed E-state index contributed by atoms with van der Waals surface area (Å²) in [6, 6.07) is 6.30. The molecule has 0 atom stereocenters. The van der Waals surface area contributed by atoms with Crippen molar-refractivity contribution in [3.8, 4) is 5.75 Å². The quantitative estimate of drug-likeness (QED) is 0.848. The predicted octanol–water partition coefficient (Wildman–Crippen LogP) is 2.40. The summed E-state index contributed by atoms with van der Waals surface area (Å²) in [6.45, 7) is 0. The van der Waals surface area contributed by atoms with Gasteiger partial charge in [-0.05, 0) is 23.6 Å². The van der Waals surface area contributed by atoms with Crippen LogP contribution >= 0.6 is 21.4 Å². The molecule has 19 heavy (non-hydrogen) atoms. The van der Waals surface area contributed by atoms with Gasteiger partial charge in [-0.15, -0.1) is 0 Å². The van der Waals surface area contributed by atoms with Gasteiger partial charge in [-0.3, -0.25) is 0 Å². The van der Waals surface area contributed by atoms with Crippen molar-refractivity contribution in [1.29, 1.82) is 0 Å². The average molecular weight is 341 g/mol. The van der Waals surface area contributed by atoms with Gasteiger partial charge in [0.05, 0.1) is 0 Å². The minimum atomic E-state index is -4.36. The van der Waals surface area contributed by atoms with Crippen LogP contribution in [0.5, 0.6) is 5.75 Å². The van der Waals surface area contributed by atoms with Crippen molar-refractivity contribution in [2.45, 2.75) is 9.79 Å². The Labute approximate surface area is 118 Å². The van der Waals surface area contributed by atoms with Gasteiger partial charge < -0.3 is 5.11 Å². The van der Waals surface area contributed by atoms with E-state index in [-0.39, 0.29) is 11.1 Å². The van der Waals surface area contributed by atoms with Crippen LogP contribution < -0.4 is 0 Å². The van der Waals surface area contributed by atoms with E-state index in [2.05, 4.69) is 0 Å². The summed E-state index contributed by atoms with van der Waals surface area (Å²) >= 11 is 0. The molecule has 2 aromatic carbocycles. The van der Waals surface area contributed by atoms with E-state index in [1.807, 2.05) is 0 Å². The van der Waals surface area contributed by atoms with Crippen molar-refractivity contribution in [3.63, 3.8) is 0 Å². The summed E-state index contributed by atoms with van der Waals surface area (Å²) in [4.78, 5) is -1.26. The maximum Gasteiger partial charge on any atom is 0.263 e. The van der Waals surface area contributed by atoms with Gasteiger partial charge in [0, 0.05) is 26.8 Å². The van der Waals surface area contributed by atoms with E-state index in [4.69, 9.17) is 21.4 Å². The molecule has 2 rings (SSSR count). The number of hydrogen-bond donors (Lipinski definition) is 1. The number of aromatic hydroxyl groups is 1. The number of halogens is 2. The predicted molar refractivity (Wildman–Crippen MR) is 71.7 cm³/mol. The number of rotatable bonds is 2. The second-order valence-corrected chi connectivity index (χ2v) is 8.71. The van der Waals surface area contributed by atoms with Gasteiger partial charge in [-0.1, -0.05) is 12.1 Å². The molecule has 0 saturated carbocycles. The Balaban J connectivity index is 3.10. The molecule has 102 valence electrons. The van der Waals surface area contributed by atoms with Gasteiger partial charge in [-0.2, -0.15) is 0 Å². The molecule has 0 aliphatic carbocycles. The average Bonchev–Trinajstić information content (AvgIpc) is 2.24. The van der Waals surface area contributed by atoms with Crippen molar-refractivity contribution < 1.29 is 21.9 Å². The Morgan fingerprint density at radius 1 is 0.895 bits per heavy atom. The van der Waals surface area contributed by atoms with Gasteiger partial charge in [0.15, 0.2) is 0 Å². The summed E-state index contributed by atoms with van der Waals surface area (Å²) in [5, 5.41) is 9.78. The largest absolute Gasteiger partial charge is 0.508 e. The van der Waals surface area contributed by atoms with Gasteiger partial charge in [0.2, 0.25) is 0 Å². The Bertz CT molecular complexity index is 872. The molecule has 0 spiro atoms. The van der Waals surface area contributed by atoms with Crippen molar-refractivity contribution in [2.24, 2.45) is 0 Å². The molecule has 5 nitrogen and oxygen atoms in total. The summed E-state index contributed by atoms with van der Waals surface area (Å²) in [6.07, 6.45) is 0. The highest BCUT2D eigenvalue weighted by Gasteiger charge is 2.26. The van der Waals surface area contributed by atoms with Crippen molar-refractivity contribution >= 4 is 50.2 Å². The third kappa shape index (κ3) is 2.79. The van der Waals surface area contributed by atoms with Gasteiger partial charge in [0.25, 0.3) is 18.1 Å². The smallest absolute Gasteiger partial charge is 0.263 e. The summed E-state index contributed by atoms with van der Waals surface area (Å²) in [5.74, 6) is -0.224. The molecular weight excluding hydrogens is 335 g/mol. The highest BCUT2D eigenvalue weighted by Crippen LogP contribution is 2.35. The number of fused-ring (bicyclic) bond motifs is 1. The molecule has 0 bridgehead atoms. The minimum Gasteiger partial charge on any atom is -0.508 e. The van der Waals surface area contributed by atoms with E-state index in [0.29, 0.717) is 5.39 Å². The zero-order valence-electron chi connectivity index (χ0n) is 9.04. The first-order chi connectivity index (χ1) is 8.60. The van der Waals surface area contributed by atoms with E-state index in [9.17, 15) is 21.9 Å². The normalized spacial score (nSPS) is 12.7. The van der Waals surface area contributed by atoms with Crippen LogP contribution in [0, 0.1) is 0 Å². The zero-order valence-corrected chi connectivity index (χ0v) is 12.2. The lowest BCUT2D eigenvalue weighted by Crippen LogP contribution is -2.02. The van der Waals surface area contributed by atoms with Crippen LogP contribution in [0.2, 0.25) is 0 Å². The van der Waals surface area contributed by atoms with E-state index >= 15 is 0 Å². The first-order valence-electron chi connectivity index (χ1n) is 4.76. The van der Waals surface area contributed by atoms with E-state index < -0.39 is 27.9 Å². The van der Waals surface area contributed by atoms with Crippen LogP contribution in [0.25, 0.3) is 10.8 Å². The maximum absolute atomic E-state index is 11.6. The molecule has 0 aliphatic rings. The van der Waals surface area contributed by atoms with Crippen LogP contribution in [0.1, 0.15) is 0 Å². The van der Waals surface area contributed by atoms with Gasteiger partial charge in [0.1, 0.15) is 15.5 Å². The maximum atomic E-state index is 11.6. The van der Waals surface area contributed by atoms with Crippen LogP contribution in [-0.4, -0.2) is 21.9 Å². The minimum absolute atomic E-state index is 0.0169. The van der Waals surface area contributed by atoms with Crippen LogP contribution in [0.15, 0.2) is 40.1 Å². The van der Waals surface area contributed by atoms with Crippen molar-refractivity contribution in [3.05, 3.63) is 30.3 Å². The molecule has 0 heterocycles. The number of phenols is 1. The molecule has 0 unspecified atom stereocenters. The Kier molecular flexibility index (Phi) is 3.42. The fourth-order valence-corrected chi connectivity index (χ4v) is 4.83. The topological polar surface area (TPSA) is 88.5 Å². The summed E-state index contributed by atoms with van der Waals surface area (Å²) in [7, 11) is 1.81. The molecular formula is C10H6Cl2O5S2. The second kappa shape index (κ2) is 4.52. The highest BCUT2D eigenvalue weighted by molar-refractivity contribution is 8.16. The lowest BCUT2D eigenvalue weighted by molar-refractivity contribution is 0.476. The molecule has 0 aromatic heterocycles. The highest BCUT2D eigenvalue weighted by atomic mass is 35.7. The molecule has 0 saturated heterocycles. The van der Waals surface area contributed by atoms with Crippen LogP contribution in [-0.2, 0) is 18.1 Å². The van der Waals surface area contributed by atoms with Gasteiger partial charge >= 0.3 is 0 Å². The monoisotopic (exact) mass is 340 g/mol. The van der Waals surface area contributed by atoms with E-state index in [1.165, 1.54) is 18.2 Å². The summed E-state index contributed by atoms with van der Waals surface area (Å²) < 4.78 is 46.0. The van der Waals surface area contributed by atoms with Crippen LogP contribution in [0.3, 0.4) is 0 Å². The summed E-state index contributed by atoms with van der Waals surface area (Å²) in [5.41, 5.74) is 0. The first kappa shape index (κ1) is 14.4. The number of benzene rings is 2. The van der Waals surface area contributed by atoms with E-state index in [0.717, 1.165) is 12.1 Å². The molecule has 0 aliphatic heterocycles. The lowest BCUT2D eigenvalue weighted by Gasteiger charge is -2.08. The Hall–Kier alpha value is -1.02. The number of phenolic OH excluding ortho intramolecular Hbond substituents is 1. The Morgan fingerprint density at radius 3 is 2.00 bits per heavy atom. The van der Waals surface area contributed by atoms with Crippen LogP contribution in [0.4, 0.5) is 0 Å². The molecule has 0 radical (unpaired) electrons. The van der Waals surface area contributed by atoms with Crippen molar-refractivity contribution in [1.82, 2.24) is 0 Å². The Morgan fingerprint density at radius 2 is 1.47 bits per heavy atom. The molecule has 0 amide bonds. The third-order valence-electron chi connectivity index (χ3n) is 2.43. The first-order valence-corrected chi connectivity index (χ1v) is 9.37. The zero-order chi connectivity index (χ0) is 14.4. The van der Waals surface area contributed by atoms with E-state index in [1.54, 1.807) is 0 Å². The lowest BCUT2D eigenvalue weighted by atomic mass is 10.1. The number of hydrogen-bond acceptors (Lipinski definition) is 5. The molecule has 9 heteroatoms. The standard InChI is InChI=1S/C10H6Cl2O5S2/c11-18(14,15)9-4-2-6-1-3-7(13)5-8(6)10(9)19(12,16)17/h1-5,13H. The van der Waals surface area contributed by atoms with Gasteiger partial charge in [-0.25, -0.2) is 16.8 Å². The van der Waals surface area contributed by atoms with Crippen molar-refractivity contribution in [2.75, 3.05) is 0 Å². The second-order valence-electron chi connectivity index (χ2n) is 3.67. The molecule has 1 N–H and O–H groups in total.